The summed E-state index contributed by atoms with van der Waals surface area (Å²) in [7, 11) is 3.50. The maximum atomic E-state index is 11.3. The van der Waals surface area contributed by atoms with Crippen molar-refractivity contribution >= 4 is 5.97 Å². The van der Waals surface area contributed by atoms with Crippen LogP contribution in [0.3, 0.4) is 0 Å². The summed E-state index contributed by atoms with van der Waals surface area (Å²) in [5.74, 6) is -0.188. The molecule has 0 aromatic rings. The first-order valence-corrected chi connectivity index (χ1v) is 5.16. The Morgan fingerprint density at radius 3 is 2.93 bits per heavy atom. The van der Waals surface area contributed by atoms with Crippen molar-refractivity contribution in [3.05, 3.63) is 11.6 Å². The molecule has 1 atom stereocenters. The van der Waals surface area contributed by atoms with Crippen molar-refractivity contribution in [2.45, 2.75) is 32.2 Å². The van der Waals surface area contributed by atoms with Gasteiger partial charge >= 0.3 is 5.97 Å². The van der Waals surface area contributed by atoms with Gasteiger partial charge < -0.3 is 4.74 Å². The highest BCUT2D eigenvalue weighted by molar-refractivity contribution is 5.88. The third-order valence-corrected chi connectivity index (χ3v) is 2.75. The number of hydrogen-bond donors (Lipinski definition) is 0. The molecule has 0 saturated carbocycles. The molecule has 0 spiro atoms. The molecule has 3 heteroatoms. The lowest BCUT2D eigenvalue weighted by Gasteiger charge is -2.31. The van der Waals surface area contributed by atoms with Crippen molar-refractivity contribution in [3.63, 3.8) is 0 Å². The van der Waals surface area contributed by atoms with E-state index < -0.39 is 0 Å². The highest BCUT2D eigenvalue weighted by Gasteiger charge is 2.22. The van der Waals surface area contributed by atoms with Gasteiger partial charge in [-0.1, -0.05) is 19.4 Å². The summed E-state index contributed by atoms with van der Waals surface area (Å²) in [4.78, 5) is 13.5. The van der Waals surface area contributed by atoms with E-state index in [4.69, 9.17) is 4.74 Å². The van der Waals surface area contributed by atoms with Crippen LogP contribution in [0.25, 0.3) is 0 Å². The minimum Gasteiger partial charge on any atom is -0.466 e. The first-order chi connectivity index (χ1) is 6.69. The molecule has 80 valence electrons. The Kier molecular flexibility index (Phi) is 4.14. The first kappa shape index (κ1) is 11.2. The molecule has 0 N–H and O–H groups in total. The van der Waals surface area contributed by atoms with Gasteiger partial charge in [-0.25, -0.2) is 4.79 Å². The quantitative estimate of drug-likeness (QED) is 0.643. The predicted molar refractivity (Wildman–Crippen MR) is 56.0 cm³/mol. The fourth-order valence-corrected chi connectivity index (χ4v) is 1.87. The van der Waals surface area contributed by atoms with Gasteiger partial charge in [0.25, 0.3) is 0 Å². The molecule has 1 aliphatic rings. The minimum atomic E-state index is -0.188. The van der Waals surface area contributed by atoms with Crippen LogP contribution in [0.5, 0.6) is 0 Å². The molecule has 0 aromatic carbocycles. The van der Waals surface area contributed by atoms with Gasteiger partial charge in [0.1, 0.15) is 0 Å². The standard InChI is InChI=1S/C11H19NO2/c1-4-5-10-7-6-9(8-12(10)2)11(13)14-3/h6,10H,4-5,7-8H2,1-3H3/t10-/m1/s1. The lowest BCUT2D eigenvalue weighted by atomic mass is 10.00. The van der Waals surface area contributed by atoms with Crippen molar-refractivity contribution in [3.8, 4) is 0 Å². The summed E-state index contributed by atoms with van der Waals surface area (Å²) in [5.41, 5.74) is 0.794. The van der Waals surface area contributed by atoms with Crippen LogP contribution in [0.15, 0.2) is 11.6 Å². The number of carbonyl (C=O) groups is 1. The lowest BCUT2D eigenvalue weighted by Crippen LogP contribution is -2.37. The number of nitrogens with zero attached hydrogens (tertiary/aromatic N) is 1. The summed E-state index contributed by atoms with van der Waals surface area (Å²) in [6.45, 7) is 2.91. The third-order valence-electron chi connectivity index (χ3n) is 2.75. The van der Waals surface area contributed by atoms with E-state index in [0.29, 0.717) is 6.04 Å². The number of esters is 1. The molecule has 0 aromatic heterocycles. The number of rotatable bonds is 3. The Balaban J connectivity index is 2.58. The SMILES string of the molecule is CCC[C@@H]1CC=C(C(=O)OC)CN1C. The largest absolute Gasteiger partial charge is 0.466 e. The molecule has 0 radical (unpaired) electrons. The fraction of sp³-hybridized carbons (Fsp3) is 0.727. The van der Waals surface area contributed by atoms with E-state index in [-0.39, 0.29) is 5.97 Å². The Morgan fingerprint density at radius 1 is 1.71 bits per heavy atom. The molecule has 0 amide bonds. The molecule has 0 saturated heterocycles. The molecule has 1 aliphatic heterocycles. The third kappa shape index (κ3) is 2.58. The van der Waals surface area contributed by atoms with E-state index in [1.807, 2.05) is 6.08 Å². The Labute approximate surface area is 85.7 Å². The smallest absolute Gasteiger partial charge is 0.334 e. The van der Waals surface area contributed by atoms with Gasteiger partial charge in [0.05, 0.1) is 7.11 Å². The minimum absolute atomic E-state index is 0.188. The first-order valence-electron chi connectivity index (χ1n) is 5.16. The summed E-state index contributed by atoms with van der Waals surface area (Å²) in [6, 6.07) is 0.591. The highest BCUT2D eigenvalue weighted by Crippen LogP contribution is 2.18. The lowest BCUT2D eigenvalue weighted by molar-refractivity contribution is -0.136. The van der Waals surface area contributed by atoms with Crippen LogP contribution in [-0.4, -0.2) is 37.6 Å². The molecule has 14 heavy (non-hydrogen) atoms. The normalized spacial score (nSPS) is 23.1. The summed E-state index contributed by atoms with van der Waals surface area (Å²) in [5, 5.41) is 0. The molecule has 1 rings (SSSR count). The monoisotopic (exact) mass is 197 g/mol. The Morgan fingerprint density at radius 2 is 2.43 bits per heavy atom. The molecule has 3 nitrogen and oxygen atoms in total. The fourth-order valence-electron chi connectivity index (χ4n) is 1.87. The topological polar surface area (TPSA) is 29.5 Å². The van der Waals surface area contributed by atoms with E-state index in [1.165, 1.54) is 20.0 Å². The second kappa shape index (κ2) is 5.15. The zero-order chi connectivity index (χ0) is 10.6. The van der Waals surface area contributed by atoms with Gasteiger partial charge in [0.15, 0.2) is 0 Å². The zero-order valence-electron chi connectivity index (χ0n) is 9.25. The van der Waals surface area contributed by atoms with Gasteiger partial charge in [-0.15, -0.1) is 0 Å². The van der Waals surface area contributed by atoms with Crippen LogP contribution in [0.2, 0.25) is 0 Å². The van der Waals surface area contributed by atoms with E-state index in [2.05, 4.69) is 18.9 Å². The molecule has 0 unspecified atom stereocenters. The molecule has 1 heterocycles. The second-order valence-corrected chi connectivity index (χ2v) is 3.81. The number of likely N-dealkylation sites (N-methyl/N-ethyl adjacent to an activating group) is 1. The molecule has 0 aliphatic carbocycles. The molecular formula is C11H19NO2. The van der Waals surface area contributed by atoms with E-state index in [0.717, 1.165) is 18.5 Å². The maximum absolute atomic E-state index is 11.3. The van der Waals surface area contributed by atoms with Gasteiger partial charge in [0.2, 0.25) is 0 Å². The average Bonchev–Trinajstić information content (AvgIpc) is 2.20. The molecular weight excluding hydrogens is 178 g/mol. The van der Waals surface area contributed by atoms with Gasteiger partial charge in [-0.3, -0.25) is 4.90 Å². The van der Waals surface area contributed by atoms with Crippen molar-refractivity contribution in [1.82, 2.24) is 4.90 Å². The highest BCUT2D eigenvalue weighted by atomic mass is 16.5. The van der Waals surface area contributed by atoms with E-state index in [1.54, 1.807) is 0 Å². The Bertz CT molecular complexity index is 235. The number of hydrogen-bond acceptors (Lipinski definition) is 3. The van der Waals surface area contributed by atoms with E-state index >= 15 is 0 Å². The van der Waals surface area contributed by atoms with Crippen LogP contribution < -0.4 is 0 Å². The van der Waals surface area contributed by atoms with Crippen LogP contribution in [0.4, 0.5) is 0 Å². The summed E-state index contributed by atoms with van der Waals surface area (Å²) in [6.07, 6.45) is 5.37. The van der Waals surface area contributed by atoms with Crippen LogP contribution in [0, 0.1) is 0 Å². The Hall–Kier alpha value is -0.830. The van der Waals surface area contributed by atoms with Crippen LogP contribution >= 0.6 is 0 Å². The molecule has 0 bridgehead atoms. The van der Waals surface area contributed by atoms with Gasteiger partial charge in [-0.05, 0) is 19.9 Å². The maximum Gasteiger partial charge on any atom is 0.334 e. The average molecular weight is 197 g/mol. The van der Waals surface area contributed by atoms with E-state index in [9.17, 15) is 4.79 Å². The summed E-state index contributed by atoms with van der Waals surface area (Å²) < 4.78 is 4.70. The van der Waals surface area contributed by atoms with Crippen LogP contribution in [0.1, 0.15) is 26.2 Å². The van der Waals surface area contributed by atoms with Crippen LogP contribution in [-0.2, 0) is 9.53 Å². The van der Waals surface area contributed by atoms with Crippen molar-refractivity contribution < 1.29 is 9.53 Å². The number of carbonyl (C=O) groups excluding carboxylic acids is 1. The predicted octanol–water partition coefficient (Wildman–Crippen LogP) is 1.59. The number of methoxy groups -OCH3 is 1. The van der Waals surface area contributed by atoms with Gasteiger partial charge in [-0.2, -0.15) is 0 Å². The number of ether oxygens (including phenoxy) is 1. The molecule has 0 fully saturated rings. The zero-order valence-corrected chi connectivity index (χ0v) is 9.25. The van der Waals surface area contributed by atoms with Crippen molar-refractivity contribution in [2.24, 2.45) is 0 Å². The summed E-state index contributed by atoms with van der Waals surface area (Å²) >= 11 is 0. The van der Waals surface area contributed by atoms with Gasteiger partial charge in [0, 0.05) is 18.2 Å². The second-order valence-electron chi connectivity index (χ2n) is 3.81. The van der Waals surface area contributed by atoms with Crippen molar-refractivity contribution in [1.29, 1.82) is 0 Å². The van der Waals surface area contributed by atoms with Crippen molar-refractivity contribution in [2.75, 3.05) is 20.7 Å².